The molecule has 0 bridgehead atoms. The minimum absolute atomic E-state index is 0. The molecule has 2 rings (SSSR count). The van der Waals surface area contributed by atoms with Crippen LogP contribution in [0.3, 0.4) is 0 Å². The highest BCUT2D eigenvalue weighted by atomic mass is 79.9. The van der Waals surface area contributed by atoms with E-state index >= 15 is 0 Å². The third-order valence-corrected chi connectivity index (χ3v) is 2.34. The highest BCUT2D eigenvalue weighted by molar-refractivity contribution is 8.93. The van der Waals surface area contributed by atoms with E-state index in [0.717, 1.165) is 26.1 Å². The molecule has 1 N–H and O–H groups in total. The summed E-state index contributed by atoms with van der Waals surface area (Å²) in [6, 6.07) is 10.3. The predicted octanol–water partition coefficient (Wildman–Crippen LogP) is 2.14. The summed E-state index contributed by atoms with van der Waals surface area (Å²) in [6.45, 7) is 2.85. The molecule has 1 atom stereocenters. The Labute approximate surface area is 95.4 Å². The Morgan fingerprint density at radius 3 is 2.71 bits per heavy atom. The van der Waals surface area contributed by atoms with E-state index < -0.39 is 0 Å². The van der Waals surface area contributed by atoms with Gasteiger partial charge in [0.25, 0.3) is 0 Å². The molecule has 0 aromatic heterocycles. The zero-order chi connectivity index (χ0) is 8.93. The second-order valence-corrected chi connectivity index (χ2v) is 3.41. The number of nitrogens with one attached hydrogen (secondary N) is 1. The fourth-order valence-electron chi connectivity index (χ4n) is 1.56. The average Bonchev–Trinajstić information content (AvgIpc) is 2.69. The van der Waals surface area contributed by atoms with Crippen LogP contribution in [-0.4, -0.2) is 19.2 Å². The first-order valence-corrected chi connectivity index (χ1v) is 4.81. The molecule has 1 aliphatic heterocycles. The van der Waals surface area contributed by atoms with E-state index in [4.69, 9.17) is 4.74 Å². The molecular weight excluding hydrogens is 242 g/mol. The molecule has 2 nitrogen and oxygen atoms in total. The van der Waals surface area contributed by atoms with Gasteiger partial charge in [-0.05, 0) is 18.5 Å². The van der Waals surface area contributed by atoms with Crippen molar-refractivity contribution < 1.29 is 4.74 Å². The van der Waals surface area contributed by atoms with Crippen molar-refractivity contribution in [2.75, 3.05) is 13.1 Å². The summed E-state index contributed by atoms with van der Waals surface area (Å²) in [5.74, 6) is 0. The molecule has 14 heavy (non-hydrogen) atoms. The third kappa shape index (κ3) is 3.40. The van der Waals surface area contributed by atoms with Crippen LogP contribution < -0.4 is 5.32 Å². The van der Waals surface area contributed by atoms with E-state index in [9.17, 15) is 0 Å². The van der Waals surface area contributed by atoms with Crippen molar-refractivity contribution in [3.8, 4) is 0 Å². The summed E-state index contributed by atoms with van der Waals surface area (Å²) in [6.07, 6.45) is 1.56. The first kappa shape index (κ1) is 11.7. The zero-order valence-corrected chi connectivity index (χ0v) is 9.82. The number of ether oxygens (including phenoxy) is 1. The summed E-state index contributed by atoms with van der Waals surface area (Å²) >= 11 is 0. The molecular formula is C11H16BrNO. The van der Waals surface area contributed by atoms with Crippen LogP contribution in [-0.2, 0) is 11.3 Å². The fraction of sp³-hybridized carbons (Fsp3) is 0.455. The molecule has 1 heterocycles. The second kappa shape index (κ2) is 6.17. The van der Waals surface area contributed by atoms with Crippen LogP contribution in [0.2, 0.25) is 0 Å². The zero-order valence-electron chi connectivity index (χ0n) is 8.11. The SMILES string of the molecule is Br.c1ccc(COC2CCNC2)cc1. The second-order valence-electron chi connectivity index (χ2n) is 3.41. The molecule has 1 aliphatic rings. The Morgan fingerprint density at radius 1 is 1.29 bits per heavy atom. The van der Waals surface area contributed by atoms with Gasteiger partial charge < -0.3 is 10.1 Å². The molecule has 0 aliphatic carbocycles. The van der Waals surface area contributed by atoms with Crippen molar-refractivity contribution in [3.05, 3.63) is 35.9 Å². The molecule has 1 aromatic rings. The largest absolute Gasteiger partial charge is 0.372 e. The first-order valence-electron chi connectivity index (χ1n) is 4.81. The predicted molar refractivity (Wildman–Crippen MR) is 62.8 cm³/mol. The standard InChI is InChI=1S/C11H15NO.BrH/c1-2-4-10(5-3-1)9-13-11-6-7-12-8-11;/h1-5,11-12H,6-9H2;1H. The van der Waals surface area contributed by atoms with Gasteiger partial charge in [0.15, 0.2) is 0 Å². The van der Waals surface area contributed by atoms with Gasteiger partial charge in [-0.3, -0.25) is 0 Å². The highest BCUT2D eigenvalue weighted by Gasteiger charge is 2.13. The molecule has 0 spiro atoms. The highest BCUT2D eigenvalue weighted by Crippen LogP contribution is 2.07. The minimum atomic E-state index is 0. The maximum Gasteiger partial charge on any atom is 0.0721 e. The maximum atomic E-state index is 5.73. The van der Waals surface area contributed by atoms with E-state index in [1.54, 1.807) is 0 Å². The molecule has 1 saturated heterocycles. The monoisotopic (exact) mass is 257 g/mol. The Hall–Kier alpha value is -0.380. The van der Waals surface area contributed by atoms with Crippen molar-refractivity contribution >= 4 is 17.0 Å². The van der Waals surface area contributed by atoms with Gasteiger partial charge in [-0.2, -0.15) is 0 Å². The molecule has 0 amide bonds. The normalized spacial score (nSPS) is 20.4. The maximum absolute atomic E-state index is 5.73. The van der Waals surface area contributed by atoms with Gasteiger partial charge in [-0.15, -0.1) is 17.0 Å². The molecule has 1 unspecified atom stereocenters. The van der Waals surface area contributed by atoms with Crippen molar-refractivity contribution in [2.24, 2.45) is 0 Å². The molecule has 0 radical (unpaired) electrons. The lowest BCUT2D eigenvalue weighted by molar-refractivity contribution is 0.0542. The van der Waals surface area contributed by atoms with Crippen molar-refractivity contribution in [1.82, 2.24) is 5.32 Å². The van der Waals surface area contributed by atoms with Gasteiger partial charge in [0.1, 0.15) is 0 Å². The number of benzene rings is 1. The lowest BCUT2D eigenvalue weighted by Gasteiger charge is -2.09. The minimum Gasteiger partial charge on any atom is -0.372 e. The van der Waals surface area contributed by atoms with Gasteiger partial charge in [-0.25, -0.2) is 0 Å². The van der Waals surface area contributed by atoms with Crippen molar-refractivity contribution in [2.45, 2.75) is 19.1 Å². The first-order chi connectivity index (χ1) is 6.45. The number of halogens is 1. The van der Waals surface area contributed by atoms with E-state index in [1.807, 2.05) is 18.2 Å². The van der Waals surface area contributed by atoms with Gasteiger partial charge in [0, 0.05) is 6.54 Å². The number of hydrogen-bond donors (Lipinski definition) is 1. The van der Waals surface area contributed by atoms with Crippen LogP contribution in [0.25, 0.3) is 0 Å². The fourth-order valence-corrected chi connectivity index (χ4v) is 1.56. The lowest BCUT2D eigenvalue weighted by Crippen LogP contribution is -2.16. The summed E-state index contributed by atoms with van der Waals surface area (Å²) in [5, 5.41) is 3.28. The topological polar surface area (TPSA) is 21.3 Å². The summed E-state index contributed by atoms with van der Waals surface area (Å²) in [5.41, 5.74) is 1.26. The smallest absolute Gasteiger partial charge is 0.0721 e. The van der Waals surface area contributed by atoms with Crippen molar-refractivity contribution in [3.63, 3.8) is 0 Å². The molecule has 1 aromatic carbocycles. The van der Waals surface area contributed by atoms with Gasteiger partial charge in [-0.1, -0.05) is 30.3 Å². The molecule has 0 saturated carbocycles. The molecule has 3 heteroatoms. The Balaban J connectivity index is 0.000000980. The van der Waals surface area contributed by atoms with Crippen LogP contribution in [0.4, 0.5) is 0 Å². The van der Waals surface area contributed by atoms with Gasteiger partial charge in [0.05, 0.1) is 12.7 Å². The molecule has 1 fully saturated rings. The lowest BCUT2D eigenvalue weighted by atomic mass is 10.2. The van der Waals surface area contributed by atoms with E-state index in [1.165, 1.54) is 5.56 Å². The van der Waals surface area contributed by atoms with Gasteiger partial charge >= 0.3 is 0 Å². The quantitative estimate of drug-likeness (QED) is 0.896. The average molecular weight is 258 g/mol. The Morgan fingerprint density at radius 2 is 2.07 bits per heavy atom. The number of rotatable bonds is 3. The van der Waals surface area contributed by atoms with Crippen LogP contribution in [0.5, 0.6) is 0 Å². The third-order valence-electron chi connectivity index (χ3n) is 2.34. The van der Waals surface area contributed by atoms with Crippen LogP contribution >= 0.6 is 17.0 Å². The van der Waals surface area contributed by atoms with E-state index in [2.05, 4.69) is 17.4 Å². The van der Waals surface area contributed by atoms with E-state index in [-0.39, 0.29) is 17.0 Å². The summed E-state index contributed by atoms with van der Waals surface area (Å²) in [4.78, 5) is 0. The van der Waals surface area contributed by atoms with Crippen molar-refractivity contribution in [1.29, 1.82) is 0 Å². The summed E-state index contributed by atoms with van der Waals surface area (Å²) in [7, 11) is 0. The Bertz CT molecular complexity index is 247. The van der Waals surface area contributed by atoms with E-state index in [0.29, 0.717) is 6.10 Å². The molecule has 78 valence electrons. The number of hydrogen-bond acceptors (Lipinski definition) is 2. The van der Waals surface area contributed by atoms with Crippen LogP contribution in [0, 0.1) is 0 Å². The summed E-state index contributed by atoms with van der Waals surface area (Å²) < 4.78 is 5.73. The van der Waals surface area contributed by atoms with Crippen LogP contribution in [0.1, 0.15) is 12.0 Å². The Kier molecular flexibility index (Phi) is 5.15. The van der Waals surface area contributed by atoms with Gasteiger partial charge in [0.2, 0.25) is 0 Å². The van der Waals surface area contributed by atoms with Crippen LogP contribution in [0.15, 0.2) is 30.3 Å².